The van der Waals surface area contributed by atoms with Gasteiger partial charge in [0.05, 0.1) is 5.58 Å². The molecule has 4 nitrogen and oxygen atoms in total. The second kappa shape index (κ2) is 11.7. The molecule has 7 aromatic rings. The predicted molar refractivity (Wildman–Crippen MR) is 163 cm³/mol. The van der Waals surface area contributed by atoms with Crippen molar-refractivity contribution in [2.45, 2.75) is 34.6 Å². The summed E-state index contributed by atoms with van der Waals surface area (Å²) >= 11 is 0. The first-order chi connectivity index (χ1) is 19.4. The number of pyridine rings is 3. The Morgan fingerprint density at radius 2 is 1.44 bits per heavy atom. The maximum absolute atomic E-state index is 6.35. The maximum Gasteiger partial charge on any atom is 0.130 e. The minimum Gasteiger partial charge on any atom is -0.500 e. The van der Waals surface area contributed by atoms with Crippen molar-refractivity contribution in [2.24, 2.45) is 0 Å². The fourth-order valence-electron chi connectivity index (χ4n) is 4.87. The molecule has 0 saturated carbocycles. The van der Waals surface area contributed by atoms with Crippen molar-refractivity contribution in [1.29, 1.82) is 0 Å². The van der Waals surface area contributed by atoms with Gasteiger partial charge in [-0.05, 0) is 61.7 Å². The van der Waals surface area contributed by atoms with Crippen molar-refractivity contribution >= 4 is 32.7 Å². The van der Waals surface area contributed by atoms with Crippen molar-refractivity contribution in [3.8, 4) is 22.5 Å². The molecule has 0 unspecified atom stereocenters. The molecule has 1 radical (unpaired) electrons. The Balaban J connectivity index is 0.000000182. The summed E-state index contributed by atoms with van der Waals surface area (Å²) in [5.41, 5.74) is 11.4. The zero-order valence-electron chi connectivity index (χ0n) is 23.7. The van der Waals surface area contributed by atoms with Crippen molar-refractivity contribution in [3.63, 3.8) is 0 Å². The van der Waals surface area contributed by atoms with Gasteiger partial charge in [-0.1, -0.05) is 53.8 Å². The number of aryl methyl sites for hydroxylation is 5. The van der Waals surface area contributed by atoms with Crippen LogP contribution < -0.4 is 0 Å². The second-order valence-corrected chi connectivity index (χ2v) is 10.3. The van der Waals surface area contributed by atoms with Gasteiger partial charge in [0, 0.05) is 55.2 Å². The van der Waals surface area contributed by atoms with E-state index >= 15 is 0 Å². The first-order valence-corrected chi connectivity index (χ1v) is 13.4. The Kier molecular flexibility index (Phi) is 8.12. The van der Waals surface area contributed by atoms with E-state index in [0.29, 0.717) is 0 Å². The number of hydrogen-bond acceptors (Lipinski definition) is 4. The van der Waals surface area contributed by atoms with Gasteiger partial charge in [0.25, 0.3) is 0 Å². The topological polar surface area (TPSA) is 51.8 Å². The smallest absolute Gasteiger partial charge is 0.130 e. The van der Waals surface area contributed by atoms with Crippen LogP contribution in [0.15, 0.2) is 89.7 Å². The van der Waals surface area contributed by atoms with Crippen LogP contribution in [0, 0.1) is 46.8 Å². The molecule has 0 N–H and O–H groups in total. The third-order valence-corrected chi connectivity index (χ3v) is 7.30. The van der Waals surface area contributed by atoms with Crippen LogP contribution in [0.4, 0.5) is 0 Å². The number of hydrogen-bond donors (Lipinski definition) is 0. The quantitative estimate of drug-likeness (QED) is 0.168. The molecule has 41 heavy (non-hydrogen) atoms. The Morgan fingerprint density at radius 1 is 0.659 bits per heavy atom. The van der Waals surface area contributed by atoms with Crippen LogP contribution in [-0.2, 0) is 20.1 Å². The molecule has 7 rings (SSSR count). The van der Waals surface area contributed by atoms with E-state index in [2.05, 4.69) is 90.3 Å². The van der Waals surface area contributed by atoms with Crippen molar-refractivity contribution in [1.82, 2.24) is 15.0 Å². The van der Waals surface area contributed by atoms with Crippen molar-refractivity contribution in [2.75, 3.05) is 0 Å². The Morgan fingerprint density at radius 3 is 2.17 bits per heavy atom. The minimum absolute atomic E-state index is 0. The summed E-state index contributed by atoms with van der Waals surface area (Å²) in [5, 5.41) is 4.38. The van der Waals surface area contributed by atoms with E-state index in [1.165, 1.54) is 16.7 Å². The maximum atomic E-state index is 6.35. The Bertz CT molecular complexity index is 1990. The summed E-state index contributed by atoms with van der Waals surface area (Å²) in [6, 6.07) is 29.1. The van der Waals surface area contributed by atoms with E-state index in [-0.39, 0.29) is 20.1 Å². The van der Waals surface area contributed by atoms with Gasteiger partial charge in [-0.25, -0.2) is 0 Å². The fraction of sp³-hybridized carbons (Fsp3) is 0.139. The Hall–Kier alpha value is -4.18. The number of aromatic nitrogens is 3. The van der Waals surface area contributed by atoms with Gasteiger partial charge in [0.15, 0.2) is 0 Å². The molecular formula is C36H29IrN3O-2. The molecule has 0 aliphatic heterocycles. The van der Waals surface area contributed by atoms with Crippen LogP contribution in [0.2, 0.25) is 0 Å². The standard InChI is InChI=1S/C22H15N2O.C14H14N.Ir/c1-13-6-9-19(24-12-13)18-5-3-4-16-17-8-7-15-10-11-23-14(2)20(15)22(17)25-21(16)18;1-10-4-6-13(7-5-10)14-8-11(2)12(3)9-15-14;/h3-4,6-12H,1-2H3;4-6,8-9H,1-3H3;/q2*-1;. The number of furan rings is 1. The van der Waals surface area contributed by atoms with Crippen molar-refractivity contribution < 1.29 is 24.5 Å². The third kappa shape index (κ3) is 5.56. The monoisotopic (exact) mass is 712 g/mol. The van der Waals surface area contributed by atoms with Crippen LogP contribution in [-0.4, -0.2) is 15.0 Å². The van der Waals surface area contributed by atoms with Gasteiger partial charge >= 0.3 is 0 Å². The van der Waals surface area contributed by atoms with Crippen LogP contribution in [0.25, 0.3) is 55.2 Å². The van der Waals surface area contributed by atoms with E-state index in [4.69, 9.17) is 4.42 Å². The fourth-order valence-corrected chi connectivity index (χ4v) is 4.87. The molecule has 0 bridgehead atoms. The summed E-state index contributed by atoms with van der Waals surface area (Å²) in [6.45, 7) is 10.3. The predicted octanol–water partition coefficient (Wildman–Crippen LogP) is 9.08. The molecule has 205 valence electrons. The molecule has 0 fully saturated rings. The SMILES string of the molecule is Cc1c[c-]c(-c2cc(C)c(C)cn2)cc1.Cc1ccc(-c2[c-]ccc3c2oc2c3ccc3ccnc(C)c32)nc1.[Ir]. The average Bonchev–Trinajstić information content (AvgIpc) is 3.35. The van der Waals surface area contributed by atoms with E-state index in [1.54, 1.807) is 0 Å². The van der Waals surface area contributed by atoms with Gasteiger partial charge in [0.1, 0.15) is 5.58 Å². The van der Waals surface area contributed by atoms with Gasteiger partial charge in [-0.2, -0.15) is 0 Å². The van der Waals surface area contributed by atoms with Gasteiger partial charge in [-0.3, -0.25) is 4.98 Å². The molecule has 0 aliphatic rings. The molecule has 4 aromatic heterocycles. The molecular weight excluding hydrogens is 683 g/mol. The van der Waals surface area contributed by atoms with Gasteiger partial charge < -0.3 is 14.4 Å². The zero-order chi connectivity index (χ0) is 27.8. The largest absolute Gasteiger partial charge is 0.500 e. The van der Waals surface area contributed by atoms with E-state index in [0.717, 1.165) is 66.5 Å². The number of benzene rings is 3. The van der Waals surface area contributed by atoms with Gasteiger partial charge in [0.2, 0.25) is 0 Å². The number of fused-ring (bicyclic) bond motifs is 5. The molecule has 4 heterocycles. The normalized spacial score (nSPS) is 10.9. The third-order valence-electron chi connectivity index (χ3n) is 7.30. The molecule has 0 atom stereocenters. The summed E-state index contributed by atoms with van der Waals surface area (Å²) in [4.78, 5) is 13.4. The summed E-state index contributed by atoms with van der Waals surface area (Å²) in [7, 11) is 0. The molecule has 3 aromatic carbocycles. The molecule has 0 spiro atoms. The molecule has 0 saturated heterocycles. The molecule has 0 amide bonds. The molecule has 5 heteroatoms. The van der Waals surface area contributed by atoms with Crippen LogP contribution in [0.1, 0.15) is 27.9 Å². The van der Waals surface area contributed by atoms with Crippen molar-refractivity contribution in [3.05, 3.63) is 125 Å². The number of rotatable bonds is 2. The average molecular weight is 712 g/mol. The van der Waals surface area contributed by atoms with E-state index in [1.807, 2.05) is 56.7 Å². The van der Waals surface area contributed by atoms with E-state index < -0.39 is 0 Å². The summed E-state index contributed by atoms with van der Waals surface area (Å²) < 4.78 is 6.35. The minimum atomic E-state index is 0. The first kappa shape index (κ1) is 28.4. The zero-order valence-corrected chi connectivity index (χ0v) is 26.1. The summed E-state index contributed by atoms with van der Waals surface area (Å²) in [5.74, 6) is 0. The van der Waals surface area contributed by atoms with E-state index in [9.17, 15) is 0 Å². The van der Waals surface area contributed by atoms with Crippen LogP contribution >= 0.6 is 0 Å². The molecule has 0 aliphatic carbocycles. The second-order valence-electron chi connectivity index (χ2n) is 10.3. The Labute approximate surface area is 253 Å². The van der Waals surface area contributed by atoms with Gasteiger partial charge in [-0.15, -0.1) is 53.6 Å². The first-order valence-electron chi connectivity index (χ1n) is 13.4. The summed E-state index contributed by atoms with van der Waals surface area (Å²) in [6.07, 6.45) is 5.62. The number of nitrogens with zero attached hydrogens (tertiary/aromatic N) is 3. The van der Waals surface area contributed by atoms with Crippen LogP contribution in [0.3, 0.4) is 0 Å². The van der Waals surface area contributed by atoms with Crippen LogP contribution in [0.5, 0.6) is 0 Å².